The molecule has 1 fully saturated rings. The molecule has 0 bridgehead atoms. The van der Waals surface area contributed by atoms with E-state index in [4.69, 9.17) is 0 Å². The van der Waals surface area contributed by atoms with Crippen LogP contribution in [0.5, 0.6) is 0 Å². The number of aliphatic hydroxyl groups is 1. The van der Waals surface area contributed by atoms with Crippen LogP contribution >= 0.6 is 0 Å². The van der Waals surface area contributed by atoms with Crippen molar-refractivity contribution in [2.24, 2.45) is 5.92 Å². The molecule has 1 aromatic carbocycles. The summed E-state index contributed by atoms with van der Waals surface area (Å²) in [5, 5.41) is 14.0. The molecule has 1 saturated carbocycles. The molecule has 2 heteroatoms. The topological polar surface area (TPSA) is 32.3 Å². The van der Waals surface area contributed by atoms with Crippen LogP contribution in [0, 0.1) is 5.92 Å². The van der Waals surface area contributed by atoms with Gasteiger partial charge in [-0.25, -0.2) is 0 Å². The highest BCUT2D eigenvalue weighted by molar-refractivity contribution is 5.37. The van der Waals surface area contributed by atoms with E-state index in [-0.39, 0.29) is 0 Å². The molecule has 0 spiro atoms. The molecular formula is C14H19NO. The monoisotopic (exact) mass is 217 g/mol. The minimum absolute atomic E-state index is 0.620. The van der Waals surface area contributed by atoms with Gasteiger partial charge < -0.3 is 10.4 Å². The van der Waals surface area contributed by atoms with Crippen molar-refractivity contribution in [3.05, 3.63) is 35.4 Å². The summed E-state index contributed by atoms with van der Waals surface area (Å²) >= 11 is 0. The number of aryl methyl sites for hydroxylation is 1. The Morgan fingerprint density at radius 2 is 2.12 bits per heavy atom. The number of rotatable bonds is 4. The molecule has 1 unspecified atom stereocenters. The normalized spacial score (nSPS) is 28.1. The van der Waals surface area contributed by atoms with Crippen molar-refractivity contribution in [2.75, 3.05) is 13.1 Å². The second-order valence-electron chi connectivity index (χ2n) is 5.26. The van der Waals surface area contributed by atoms with Crippen LogP contribution in [0.2, 0.25) is 0 Å². The average molecular weight is 217 g/mol. The van der Waals surface area contributed by atoms with E-state index in [0.717, 1.165) is 30.9 Å². The summed E-state index contributed by atoms with van der Waals surface area (Å²) in [7, 11) is 0. The largest absolute Gasteiger partial charge is 0.384 e. The molecule has 0 amide bonds. The van der Waals surface area contributed by atoms with Crippen LogP contribution in [-0.4, -0.2) is 18.2 Å². The molecule has 2 aliphatic rings. The lowest BCUT2D eigenvalue weighted by Gasteiger charge is -2.24. The third-order valence-electron chi connectivity index (χ3n) is 3.87. The summed E-state index contributed by atoms with van der Waals surface area (Å²) in [6.45, 7) is 1.78. The summed E-state index contributed by atoms with van der Waals surface area (Å²) in [6, 6.07) is 8.29. The highest BCUT2D eigenvalue weighted by atomic mass is 16.3. The minimum atomic E-state index is -0.620. The van der Waals surface area contributed by atoms with Crippen molar-refractivity contribution >= 4 is 0 Å². The van der Waals surface area contributed by atoms with Gasteiger partial charge in [0.25, 0.3) is 0 Å². The van der Waals surface area contributed by atoms with Crippen LogP contribution in [0.3, 0.4) is 0 Å². The third kappa shape index (κ3) is 1.87. The van der Waals surface area contributed by atoms with E-state index in [2.05, 4.69) is 23.5 Å². The lowest BCUT2D eigenvalue weighted by molar-refractivity contribution is 0.0387. The van der Waals surface area contributed by atoms with Gasteiger partial charge in [-0.3, -0.25) is 0 Å². The van der Waals surface area contributed by atoms with Crippen molar-refractivity contribution in [3.63, 3.8) is 0 Å². The smallest absolute Gasteiger partial charge is 0.103 e. The minimum Gasteiger partial charge on any atom is -0.384 e. The van der Waals surface area contributed by atoms with Crippen LogP contribution in [0.15, 0.2) is 24.3 Å². The van der Waals surface area contributed by atoms with Crippen LogP contribution < -0.4 is 5.32 Å². The summed E-state index contributed by atoms with van der Waals surface area (Å²) in [6.07, 6.45) is 4.60. The van der Waals surface area contributed by atoms with E-state index in [1.54, 1.807) is 0 Å². The molecule has 0 aliphatic heterocycles. The fourth-order valence-electron chi connectivity index (χ4n) is 2.66. The maximum atomic E-state index is 10.6. The number of fused-ring (bicyclic) bond motifs is 1. The van der Waals surface area contributed by atoms with Crippen molar-refractivity contribution in [1.29, 1.82) is 0 Å². The lowest BCUT2D eigenvalue weighted by Crippen LogP contribution is -2.37. The Bertz CT molecular complexity index is 386. The zero-order valence-corrected chi connectivity index (χ0v) is 9.58. The quantitative estimate of drug-likeness (QED) is 0.806. The maximum Gasteiger partial charge on any atom is 0.103 e. The fraction of sp³-hybridized carbons (Fsp3) is 0.571. The molecule has 0 radical (unpaired) electrons. The first-order valence-electron chi connectivity index (χ1n) is 6.29. The highest BCUT2D eigenvalue weighted by Gasteiger charge is 2.36. The summed E-state index contributed by atoms with van der Waals surface area (Å²) < 4.78 is 0. The standard InChI is InChI=1S/C14H19NO/c16-14(10-15-9-11-5-6-11)8-7-12-3-1-2-4-13(12)14/h1-4,11,15-16H,5-10H2. The van der Waals surface area contributed by atoms with Crippen molar-refractivity contribution < 1.29 is 5.11 Å². The van der Waals surface area contributed by atoms with Gasteiger partial charge in [-0.05, 0) is 49.3 Å². The Labute approximate surface area is 96.7 Å². The van der Waals surface area contributed by atoms with E-state index < -0.39 is 5.60 Å². The van der Waals surface area contributed by atoms with E-state index in [0.29, 0.717) is 6.54 Å². The Balaban J connectivity index is 1.68. The van der Waals surface area contributed by atoms with Crippen LogP contribution in [-0.2, 0) is 12.0 Å². The molecule has 0 heterocycles. The summed E-state index contributed by atoms with van der Waals surface area (Å²) in [4.78, 5) is 0. The predicted octanol–water partition coefficient (Wildman–Crippen LogP) is 1.82. The van der Waals surface area contributed by atoms with Gasteiger partial charge in [0.05, 0.1) is 0 Å². The van der Waals surface area contributed by atoms with Gasteiger partial charge in [0.2, 0.25) is 0 Å². The Morgan fingerprint density at radius 3 is 2.94 bits per heavy atom. The fourth-order valence-corrected chi connectivity index (χ4v) is 2.66. The highest BCUT2D eigenvalue weighted by Crippen LogP contribution is 2.36. The lowest BCUT2D eigenvalue weighted by atomic mass is 9.96. The van der Waals surface area contributed by atoms with Gasteiger partial charge in [-0.15, -0.1) is 0 Å². The second kappa shape index (κ2) is 3.86. The molecule has 0 saturated heterocycles. The molecule has 1 aromatic rings. The molecule has 1 atom stereocenters. The van der Waals surface area contributed by atoms with E-state index >= 15 is 0 Å². The van der Waals surface area contributed by atoms with Gasteiger partial charge >= 0.3 is 0 Å². The number of benzene rings is 1. The zero-order chi connectivity index (χ0) is 11.0. The first kappa shape index (κ1) is 10.3. The van der Waals surface area contributed by atoms with E-state index in [9.17, 15) is 5.11 Å². The zero-order valence-electron chi connectivity index (χ0n) is 9.58. The average Bonchev–Trinajstić information content (AvgIpc) is 3.05. The Morgan fingerprint density at radius 1 is 1.31 bits per heavy atom. The third-order valence-corrected chi connectivity index (χ3v) is 3.87. The van der Waals surface area contributed by atoms with Gasteiger partial charge in [-0.1, -0.05) is 24.3 Å². The molecule has 3 rings (SSSR count). The molecule has 2 aliphatic carbocycles. The van der Waals surface area contributed by atoms with Crippen molar-refractivity contribution in [2.45, 2.75) is 31.3 Å². The Kier molecular flexibility index (Phi) is 2.49. The number of hydrogen-bond acceptors (Lipinski definition) is 2. The van der Waals surface area contributed by atoms with Crippen LogP contribution in [0.25, 0.3) is 0 Å². The number of hydrogen-bond donors (Lipinski definition) is 2. The molecule has 16 heavy (non-hydrogen) atoms. The first-order valence-corrected chi connectivity index (χ1v) is 6.29. The summed E-state index contributed by atoms with van der Waals surface area (Å²) in [5.41, 5.74) is 1.84. The predicted molar refractivity (Wildman–Crippen MR) is 64.3 cm³/mol. The van der Waals surface area contributed by atoms with E-state index in [1.165, 1.54) is 18.4 Å². The van der Waals surface area contributed by atoms with Gasteiger partial charge in [0, 0.05) is 6.54 Å². The molecule has 2 N–H and O–H groups in total. The molecule has 2 nitrogen and oxygen atoms in total. The van der Waals surface area contributed by atoms with E-state index in [1.807, 2.05) is 6.07 Å². The maximum absolute atomic E-state index is 10.6. The van der Waals surface area contributed by atoms with Gasteiger partial charge in [0.1, 0.15) is 5.60 Å². The van der Waals surface area contributed by atoms with Crippen molar-refractivity contribution in [3.8, 4) is 0 Å². The molecule has 0 aromatic heterocycles. The van der Waals surface area contributed by atoms with Crippen molar-refractivity contribution in [1.82, 2.24) is 5.32 Å². The van der Waals surface area contributed by atoms with Gasteiger partial charge in [0.15, 0.2) is 0 Å². The molecule has 86 valence electrons. The van der Waals surface area contributed by atoms with Gasteiger partial charge in [-0.2, -0.15) is 0 Å². The summed E-state index contributed by atoms with van der Waals surface area (Å²) in [5.74, 6) is 0.875. The Hall–Kier alpha value is -0.860. The SMILES string of the molecule is OC1(CNCC2CC2)CCc2ccccc21. The van der Waals surface area contributed by atoms with Crippen LogP contribution in [0.1, 0.15) is 30.4 Å². The second-order valence-corrected chi connectivity index (χ2v) is 5.26. The first-order chi connectivity index (χ1) is 7.78. The molecular weight excluding hydrogens is 198 g/mol. The number of nitrogens with one attached hydrogen (secondary N) is 1. The van der Waals surface area contributed by atoms with Crippen LogP contribution in [0.4, 0.5) is 0 Å².